The minimum Gasteiger partial charge on any atom is -0.438 e. The van der Waals surface area contributed by atoms with Crippen molar-refractivity contribution in [3.8, 4) is 0 Å². The van der Waals surface area contributed by atoms with Gasteiger partial charge in [-0.15, -0.1) is 0 Å². The number of piperidine rings is 1. The maximum atomic E-state index is 12.5. The van der Waals surface area contributed by atoms with Crippen molar-refractivity contribution in [2.75, 3.05) is 20.1 Å². The molecule has 0 unspecified atom stereocenters. The fourth-order valence-corrected chi connectivity index (χ4v) is 3.34. The van der Waals surface area contributed by atoms with E-state index in [9.17, 15) is 13.2 Å². The summed E-state index contributed by atoms with van der Waals surface area (Å²) in [4.78, 5) is 14.2. The van der Waals surface area contributed by atoms with E-state index in [-0.39, 0.29) is 22.8 Å². The molecule has 1 amide bonds. The lowest BCUT2D eigenvalue weighted by atomic mass is 10.1. The first-order valence-corrected chi connectivity index (χ1v) is 8.81. The third-order valence-corrected chi connectivity index (χ3v) is 5.20. The van der Waals surface area contributed by atoms with Crippen LogP contribution in [0.5, 0.6) is 0 Å². The summed E-state index contributed by atoms with van der Waals surface area (Å²) in [5.74, 6) is -0.278. The van der Waals surface area contributed by atoms with E-state index in [1.165, 1.54) is 19.2 Å². The Kier molecular flexibility index (Phi) is 4.22. The molecule has 0 spiro atoms. The van der Waals surface area contributed by atoms with Gasteiger partial charge in [-0.1, -0.05) is 0 Å². The highest BCUT2D eigenvalue weighted by atomic mass is 32.2. The molecule has 0 radical (unpaired) electrons. The molecule has 1 aliphatic rings. The zero-order valence-electron chi connectivity index (χ0n) is 12.7. The van der Waals surface area contributed by atoms with Crippen LogP contribution in [-0.2, 0) is 10.0 Å². The highest BCUT2D eigenvalue weighted by molar-refractivity contribution is 7.89. The number of carbonyl (C=O) groups excluding carboxylic acids is 1. The summed E-state index contributed by atoms with van der Waals surface area (Å²) in [6, 6.07) is 4.65. The summed E-state index contributed by atoms with van der Waals surface area (Å²) in [7, 11) is -2.40. The van der Waals surface area contributed by atoms with Crippen molar-refractivity contribution in [2.45, 2.75) is 24.0 Å². The Morgan fingerprint density at radius 2 is 2.26 bits per heavy atom. The van der Waals surface area contributed by atoms with Gasteiger partial charge in [-0.3, -0.25) is 9.48 Å². The predicted molar refractivity (Wildman–Crippen MR) is 81.4 cm³/mol. The summed E-state index contributed by atoms with van der Waals surface area (Å²) in [5.41, 5.74) is 0. The van der Waals surface area contributed by atoms with Gasteiger partial charge in [-0.05, 0) is 38.1 Å². The first-order valence-electron chi connectivity index (χ1n) is 7.33. The molecule has 0 bridgehead atoms. The van der Waals surface area contributed by atoms with Crippen LogP contribution < -0.4 is 4.72 Å². The molecule has 3 heterocycles. The number of hydrogen-bond acceptors (Lipinski definition) is 5. The normalized spacial score (nSPS) is 19.0. The number of aromatic nitrogens is 2. The second-order valence-electron chi connectivity index (χ2n) is 5.36. The molecule has 0 saturated carbocycles. The van der Waals surface area contributed by atoms with Crippen LogP contribution in [0.1, 0.15) is 29.4 Å². The van der Waals surface area contributed by atoms with E-state index in [1.807, 2.05) is 16.9 Å². The number of amides is 1. The number of nitrogens with zero attached hydrogens (tertiary/aromatic N) is 3. The molecular formula is C14H18N4O4S. The molecule has 0 aromatic carbocycles. The lowest BCUT2D eigenvalue weighted by molar-refractivity contribution is 0.0635. The molecule has 1 atom stereocenters. The number of rotatable bonds is 4. The largest absolute Gasteiger partial charge is 0.438 e. The van der Waals surface area contributed by atoms with Crippen molar-refractivity contribution in [2.24, 2.45) is 0 Å². The van der Waals surface area contributed by atoms with E-state index < -0.39 is 10.0 Å². The predicted octanol–water partition coefficient (Wildman–Crippen LogP) is 0.861. The van der Waals surface area contributed by atoms with Crippen LogP contribution >= 0.6 is 0 Å². The molecule has 1 fully saturated rings. The molecule has 2 aromatic rings. The van der Waals surface area contributed by atoms with Gasteiger partial charge in [0, 0.05) is 25.5 Å². The van der Waals surface area contributed by atoms with Crippen LogP contribution in [0.2, 0.25) is 0 Å². The van der Waals surface area contributed by atoms with Crippen molar-refractivity contribution in [3.05, 3.63) is 36.4 Å². The molecule has 1 saturated heterocycles. The summed E-state index contributed by atoms with van der Waals surface area (Å²) in [6.07, 6.45) is 5.40. The Labute approximate surface area is 134 Å². The van der Waals surface area contributed by atoms with Gasteiger partial charge in [-0.2, -0.15) is 5.10 Å². The minimum absolute atomic E-state index is 0.0277. The number of hydrogen-bond donors (Lipinski definition) is 1. The first kappa shape index (κ1) is 15.8. The summed E-state index contributed by atoms with van der Waals surface area (Å²) < 4.78 is 32.6. The SMILES string of the molecule is CNS(=O)(=O)c1ccc(C(=O)N2CCC[C@H](n3cccn3)C2)o1. The van der Waals surface area contributed by atoms with Crippen LogP contribution in [0, 0.1) is 0 Å². The van der Waals surface area contributed by atoms with Crippen molar-refractivity contribution in [1.29, 1.82) is 0 Å². The summed E-state index contributed by atoms with van der Waals surface area (Å²) in [6.45, 7) is 1.14. The third kappa shape index (κ3) is 3.15. The molecule has 2 aromatic heterocycles. The zero-order valence-corrected chi connectivity index (χ0v) is 13.5. The molecule has 1 N–H and O–H groups in total. The average molecular weight is 338 g/mol. The van der Waals surface area contributed by atoms with E-state index in [2.05, 4.69) is 9.82 Å². The number of nitrogens with one attached hydrogen (secondary N) is 1. The van der Waals surface area contributed by atoms with Crippen molar-refractivity contribution >= 4 is 15.9 Å². The van der Waals surface area contributed by atoms with Crippen LogP contribution in [-0.4, -0.2) is 49.1 Å². The molecule has 8 nitrogen and oxygen atoms in total. The average Bonchev–Trinajstić information content (AvgIpc) is 3.26. The third-order valence-electron chi connectivity index (χ3n) is 3.91. The molecule has 3 rings (SSSR count). The van der Waals surface area contributed by atoms with E-state index in [0.717, 1.165) is 12.8 Å². The van der Waals surface area contributed by atoms with E-state index >= 15 is 0 Å². The highest BCUT2D eigenvalue weighted by Crippen LogP contribution is 2.23. The minimum atomic E-state index is -3.69. The number of sulfonamides is 1. The van der Waals surface area contributed by atoms with Crippen LogP contribution in [0.4, 0.5) is 0 Å². The van der Waals surface area contributed by atoms with Gasteiger partial charge in [0.15, 0.2) is 5.76 Å². The van der Waals surface area contributed by atoms with Gasteiger partial charge in [0.05, 0.1) is 6.04 Å². The smallest absolute Gasteiger partial charge is 0.289 e. The van der Waals surface area contributed by atoms with Crippen molar-refractivity contribution in [3.63, 3.8) is 0 Å². The number of furan rings is 1. The molecule has 0 aliphatic carbocycles. The monoisotopic (exact) mass is 338 g/mol. The Hall–Kier alpha value is -2.13. The Balaban J connectivity index is 1.75. The van der Waals surface area contributed by atoms with Crippen LogP contribution in [0.25, 0.3) is 0 Å². The topological polar surface area (TPSA) is 97.4 Å². The van der Waals surface area contributed by atoms with Gasteiger partial charge in [0.25, 0.3) is 15.9 Å². The van der Waals surface area contributed by atoms with E-state index in [0.29, 0.717) is 13.1 Å². The Bertz CT molecular complexity index is 782. The fourth-order valence-electron chi connectivity index (χ4n) is 2.69. The van der Waals surface area contributed by atoms with Gasteiger partial charge in [-0.25, -0.2) is 13.1 Å². The van der Waals surface area contributed by atoms with E-state index in [1.54, 1.807) is 11.1 Å². The highest BCUT2D eigenvalue weighted by Gasteiger charge is 2.28. The first-order chi connectivity index (χ1) is 11.0. The molecule has 9 heteroatoms. The maximum Gasteiger partial charge on any atom is 0.289 e. The summed E-state index contributed by atoms with van der Waals surface area (Å²) in [5, 5.41) is 3.96. The number of likely N-dealkylation sites (tertiary alicyclic amines) is 1. The quantitative estimate of drug-likeness (QED) is 0.892. The molecule has 23 heavy (non-hydrogen) atoms. The van der Waals surface area contributed by atoms with Crippen molar-refractivity contribution < 1.29 is 17.6 Å². The number of carbonyl (C=O) groups is 1. The van der Waals surface area contributed by atoms with Gasteiger partial charge in [0.1, 0.15) is 0 Å². The van der Waals surface area contributed by atoms with E-state index in [4.69, 9.17) is 4.42 Å². The fraction of sp³-hybridized carbons (Fsp3) is 0.429. The second kappa shape index (κ2) is 6.17. The second-order valence-corrected chi connectivity index (χ2v) is 7.18. The van der Waals surface area contributed by atoms with Gasteiger partial charge >= 0.3 is 0 Å². The van der Waals surface area contributed by atoms with Crippen molar-refractivity contribution in [1.82, 2.24) is 19.4 Å². The van der Waals surface area contributed by atoms with Crippen LogP contribution in [0.3, 0.4) is 0 Å². The Morgan fingerprint density at radius 3 is 2.96 bits per heavy atom. The zero-order chi connectivity index (χ0) is 16.4. The molecule has 124 valence electrons. The van der Waals surface area contributed by atoms with Crippen LogP contribution in [0.15, 0.2) is 40.1 Å². The lowest BCUT2D eigenvalue weighted by Gasteiger charge is -2.32. The Morgan fingerprint density at radius 1 is 1.43 bits per heavy atom. The van der Waals surface area contributed by atoms with Gasteiger partial charge < -0.3 is 9.32 Å². The van der Waals surface area contributed by atoms with Gasteiger partial charge in [0.2, 0.25) is 5.09 Å². The standard InChI is InChI=1S/C14H18N4O4S/c1-15-23(20,21)13-6-5-12(22-13)14(19)17-8-2-4-11(10-17)18-9-3-7-16-18/h3,5-7,9,11,15H,2,4,8,10H2,1H3/t11-/m0/s1. The lowest BCUT2D eigenvalue weighted by Crippen LogP contribution is -2.40. The molecule has 1 aliphatic heterocycles. The summed E-state index contributed by atoms with van der Waals surface area (Å²) >= 11 is 0. The maximum absolute atomic E-state index is 12.5. The molecular weight excluding hydrogens is 320 g/mol.